The number of azo groups is 1. The smallest absolute Gasteiger partial charge is 0.221 e. The highest BCUT2D eigenvalue weighted by Crippen LogP contribution is 2.41. The minimum absolute atomic E-state index is 0.106. The molecule has 0 atom stereocenters. The fraction of sp³-hybridized carbons (Fsp3) is 0.0741. The Morgan fingerprint density at radius 3 is 1.45 bits per heavy atom. The number of anilines is 1. The van der Waals surface area contributed by atoms with E-state index in [1.54, 1.807) is 0 Å². The molecule has 4 aromatic rings. The molecule has 0 aliphatic rings. The highest BCUT2D eigenvalue weighted by Gasteiger charge is 2.36. The number of carbonyl (C=O) groups is 1. The summed E-state index contributed by atoms with van der Waals surface area (Å²) in [6.07, 6.45) is 0. The first-order valence-electron chi connectivity index (χ1n) is 10.2. The molecule has 0 aliphatic heterocycles. The van der Waals surface area contributed by atoms with Gasteiger partial charge in [-0.2, -0.15) is 10.2 Å². The molecule has 0 saturated heterocycles. The zero-order chi connectivity index (χ0) is 21.5. The molecule has 0 unspecified atom stereocenters. The molecular formula is C27H23N3O. The van der Waals surface area contributed by atoms with Crippen molar-refractivity contribution >= 4 is 17.3 Å². The molecule has 0 radical (unpaired) electrons. The van der Waals surface area contributed by atoms with Crippen molar-refractivity contribution in [2.75, 3.05) is 5.32 Å². The van der Waals surface area contributed by atoms with Crippen LogP contribution in [0.1, 0.15) is 23.6 Å². The molecule has 4 nitrogen and oxygen atoms in total. The van der Waals surface area contributed by atoms with Crippen LogP contribution in [0.5, 0.6) is 0 Å². The van der Waals surface area contributed by atoms with Gasteiger partial charge in [-0.05, 0) is 41.0 Å². The first kappa shape index (κ1) is 20.2. The number of nitrogens with zero attached hydrogens (tertiary/aromatic N) is 2. The first-order valence-corrected chi connectivity index (χ1v) is 10.2. The third-order valence-electron chi connectivity index (χ3n) is 5.08. The zero-order valence-corrected chi connectivity index (χ0v) is 17.3. The first-order chi connectivity index (χ1) is 15.2. The van der Waals surface area contributed by atoms with E-state index in [9.17, 15) is 4.79 Å². The van der Waals surface area contributed by atoms with Gasteiger partial charge in [0.05, 0.1) is 5.69 Å². The van der Waals surface area contributed by atoms with Crippen LogP contribution >= 0.6 is 0 Å². The Kier molecular flexibility index (Phi) is 5.99. The van der Waals surface area contributed by atoms with Crippen LogP contribution < -0.4 is 5.32 Å². The molecule has 4 aromatic carbocycles. The van der Waals surface area contributed by atoms with Crippen LogP contribution in [-0.4, -0.2) is 5.91 Å². The fourth-order valence-electron chi connectivity index (χ4n) is 3.66. The maximum atomic E-state index is 11.3. The number of amides is 1. The van der Waals surface area contributed by atoms with Gasteiger partial charge in [0.1, 0.15) is 0 Å². The Labute approximate surface area is 182 Å². The number of hydrogen-bond donors (Lipinski definition) is 1. The van der Waals surface area contributed by atoms with Gasteiger partial charge in [-0.3, -0.25) is 4.79 Å². The van der Waals surface area contributed by atoms with Gasteiger partial charge in [0.15, 0.2) is 5.54 Å². The van der Waals surface area contributed by atoms with Crippen LogP contribution in [0.25, 0.3) is 0 Å². The molecular weight excluding hydrogens is 382 g/mol. The van der Waals surface area contributed by atoms with E-state index in [0.717, 1.165) is 22.4 Å². The quantitative estimate of drug-likeness (QED) is 0.281. The van der Waals surface area contributed by atoms with Gasteiger partial charge in [0.25, 0.3) is 0 Å². The fourth-order valence-corrected chi connectivity index (χ4v) is 3.66. The van der Waals surface area contributed by atoms with Crippen molar-refractivity contribution in [2.45, 2.75) is 12.5 Å². The molecule has 1 amide bonds. The number of rotatable bonds is 6. The van der Waals surface area contributed by atoms with E-state index >= 15 is 0 Å². The molecule has 0 bridgehead atoms. The third-order valence-corrected chi connectivity index (χ3v) is 5.08. The molecule has 0 aromatic heterocycles. The average Bonchev–Trinajstić information content (AvgIpc) is 2.82. The van der Waals surface area contributed by atoms with Gasteiger partial charge < -0.3 is 5.32 Å². The monoisotopic (exact) mass is 405 g/mol. The number of hydrogen-bond acceptors (Lipinski definition) is 3. The van der Waals surface area contributed by atoms with Crippen LogP contribution in [0.3, 0.4) is 0 Å². The summed E-state index contributed by atoms with van der Waals surface area (Å²) in [6.45, 7) is 1.49. The summed E-state index contributed by atoms with van der Waals surface area (Å²) in [6, 6.07) is 38.0. The van der Waals surface area contributed by atoms with Gasteiger partial charge in [0, 0.05) is 12.6 Å². The highest BCUT2D eigenvalue weighted by molar-refractivity contribution is 5.88. The largest absolute Gasteiger partial charge is 0.326 e. The van der Waals surface area contributed by atoms with E-state index < -0.39 is 5.54 Å². The van der Waals surface area contributed by atoms with Crippen LogP contribution in [-0.2, 0) is 10.3 Å². The average molecular weight is 406 g/mol. The van der Waals surface area contributed by atoms with Crippen molar-refractivity contribution in [3.63, 3.8) is 0 Å². The Balaban J connectivity index is 1.86. The lowest BCUT2D eigenvalue weighted by Crippen LogP contribution is -2.26. The SMILES string of the molecule is CC(=O)Nc1ccc(N=NC(c2ccccc2)(c2ccccc2)c2ccccc2)cc1. The Bertz CT molecular complexity index is 1060. The highest BCUT2D eigenvalue weighted by atomic mass is 16.1. The molecule has 1 N–H and O–H groups in total. The number of nitrogens with one attached hydrogen (secondary N) is 1. The van der Waals surface area contributed by atoms with E-state index in [2.05, 4.69) is 46.8 Å². The van der Waals surface area contributed by atoms with Crippen molar-refractivity contribution in [2.24, 2.45) is 10.2 Å². The summed E-state index contributed by atoms with van der Waals surface area (Å²) >= 11 is 0. The van der Waals surface area contributed by atoms with Crippen molar-refractivity contribution in [1.82, 2.24) is 0 Å². The van der Waals surface area contributed by atoms with Gasteiger partial charge in [-0.25, -0.2) is 0 Å². The Morgan fingerprint density at radius 1 is 0.645 bits per heavy atom. The molecule has 4 rings (SSSR count). The van der Waals surface area contributed by atoms with Crippen LogP contribution in [0.15, 0.2) is 125 Å². The summed E-state index contributed by atoms with van der Waals surface area (Å²) in [5.41, 5.74) is 3.75. The molecule has 0 saturated carbocycles. The van der Waals surface area contributed by atoms with Crippen molar-refractivity contribution in [3.05, 3.63) is 132 Å². The maximum absolute atomic E-state index is 11.3. The lowest BCUT2D eigenvalue weighted by Gasteiger charge is -2.30. The van der Waals surface area contributed by atoms with Gasteiger partial charge >= 0.3 is 0 Å². The van der Waals surface area contributed by atoms with Gasteiger partial charge in [0.2, 0.25) is 5.91 Å². The Hall–Kier alpha value is -4.05. The molecule has 0 heterocycles. The van der Waals surface area contributed by atoms with E-state index in [0.29, 0.717) is 5.69 Å². The minimum atomic E-state index is -0.792. The topological polar surface area (TPSA) is 53.8 Å². The molecule has 31 heavy (non-hydrogen) atoms. The molecule has 0 aliphatic carbocycles. The summed E-state index contributed by atoms with van der Waals surface area (Å²) in [7, 11) is 0. The normalized spacial score (nSPS) is 11.4. The lowest BCUT2D eigenvalue weighted by atomic mass is 9.78. The summed E-state index contributed by atoms with van der Waals surface area (Å²) in [5.74, 6) is -0.106. The minimum Gasteiger partial charge on any atom is -0.326 e. The van der Waals surface area contributed by atoms with E-state index in [-0.39, 0.29) is 5.91 Å². The van der Waals surface area contributed by atoms with E-state index in [1.807, 2.05) is 78.9 Å². The van der Waals surface area contributed by atoms with E-state index in [1.165, 1.54) is 6.92 Å². The Morgan fingerprint density at radius 2 is 1.06 bits per heavy atom. The molecule has 152 valence electrons. The maximum Gasteiger partial charge on any atom is 0.221 e. The molecule has 0 spiro atoms. The molecule has 0 fully saturated rings. The van der Waals surface area contributed by atoms with Crippen LogP contribution in [0.4, 0.5) is 11.4 Å². The standard InChI is InChI=1S/C27H23N3O/c1-21(31)28-25-17-19-26(20-18-25)29-30-27(22-11-5-2-6-12-22,23-13-7-3-8-14-23)24-15-9-4-10-16-24/h2-20H,1H3,(H,28,31). The van der Waals surface area contributed by atoms with Crippen molar-refractivity contribution < 1.29 is 4.79 Å². The predicted molar refractivity (Wildman–Crippen MR) is 124 cm³/mol. The summed E-state index contributed by atoms with van der Waals surface area (Å²) < 4.78 is 0. The van der Waals surface area contributed by atoms with Crippen LogP contribution in [0.2, 0.25) is 0 Å². The van der Waals surface area contributed by atoms with Gasteiger partial charge in [-0.15, -0.1) is 0 Å². The summed E-state index contributed by atoms with van der Waals surface area (Å²) in [4.78, 5) is 11.3. The van der Waals surface area contributed by atoms with Gasteiger partial charge in [-0.1, -0.05) is 91.0 Å². The molecule has 4 heteroatoms. The predicted octanol–water partition coefficient (Wildman–Crippen LogP) is 6.72. The van der Waals surface area contributed by atoms with Crippen LogP contribution in [0, 0.1) is 0 Å². The van der Waals surface area contributed by atoms with Crippen molar-refractivity contribution in [3.8, 4) is 0 Å². The second-order valence-corrected chi connectivity index (χ2v) is 7.24. The number of benzene rings is 4. The zero-order valence-electron chi connectivity index (χ0n) is 17.3. The third kappa shape index (κ3) is 4.43. The lowest BCUT2D eigenvalue weighted by molar-refractivity contribution is -0.114. The number of carbonyl (C=O) groups excluding carboxylic acids is 1. The summed E-state index contributed by atoms with van der Waals surface area (Å²) in [5, 5.41) is 12.4. The second kappa shape index (κ2) is 9.18. The van der Waals surface area contributed by atoms with Crippen molar-refractivity contribution in [1.29, 1.82) is 0 Å². The second-order valence-electron chi connectivity index (χ2n) is 7.24. The van der Waals surface area contributed by atoms with E-state index in [4.69, 9.17) is 5.11 Å².